The van der Waals surface area contributed by atoms with Crippen LogP contribution in [0.25, 0.3) is 10.9 Å². The lowest BCUT2D eigenvalue weighted by molar-refractivity contribution is -0.121. The van der Waals surface area contributed by atoms with Crippen LogP contribution >= 0.6 is 0 Å². The summed E-state index contributed by atoms with van der Waals surface area (Å²) in [5, 5.41) is 8.36. The Morgan fingerprint density at radius 2 is 2.27 bits per heavy atom. The molecule has 3 aromatic rings. The van der Waals surface area contributed by atoms with Crippen LogP contribution in [0, 0.1) is 6.92 Å². The van der Waals surface area contributed by atoms with Crippen LogP contribution in [0.5, 0.6) is 0 Å². The first-order valence-electron chi connectivity index (χ1n) is 7.43. The van der Waals surface area contributed by atoms with E-state index < -0.39 is 0 Å². The predicted molar refractivity (Wildman–Crippen MR) is 84.5 cm³/mol. The highest BCUT2D eigenvalue weighted by Gasteiger charge is 2.06. The third kappa shape index (κ3) is 3.36. The second-order valence-electron chi connectivity index (χ2n) is 5.36. The van der Waals surface area contributed by atoms with Crippen molar-refractivity contribution in [3.05, 3.63) is 54.1 Å². The number of amides is 1. The van der Waals surface area contributed by atoms with Crippen LogP contribution in [0.2, 0.25) is 0 Å². The van der Waals surface area contributed by atoms with Crippen molar-refractivity contribution in [2.45, 2.75) is 26.3 Å². The van der Waals surface area contributed by atoms with E-state index in [-0.39, 0.29) is 5.91 Å². The van der Waals surface area contributed by atoms with Gasteiger partial charge in [0.15, 0.2) is 0 Å². The molecule has 1 N–H and O–H groups in total. The number of carbonyl (C=O) groups is 1. The molecule has 2 aromatic heterocycles. The second-order valence-corrected chi connectivity index (χ2v) is 5.36. The Kier molecular flexibility index (Phi) is 4.23. The lowest BCUT2D eigenvalue weighted by Crippen LogP contribution is -2.26. The molecule has 22 heavy (non-hydrogen) atoms. The van der Waals surface area contributed by atoms with Gasteiger partial charge in [0.1, 0.15) is 5.76 Å². The third-order valence-electron chi connectivity index (χ3n) is 3.62. The van der Waals surface area contributed by atoms with Crippen LogP contribution in [0.4, 0.5) is 0 Å². The molecular weight excluding hydrogens is 278 g/mol. The lowest BCUT2D eigenvalue weighted by Gasteiger charge is -2.05. The summed E-state index contributed by atoms with van der Waals surface area (Å²) in [5.41, 5.74) is 2.27. The fraction of sp³-hybridized carbons (Fsp3) is 0.294. The maximum atomic E-state index is 11.9. The van der Waals surface area contributed by atoms with E-state index in [9.17, 15) is 4.79 Å². The van der Waals surface area contributed by atoms with E-state index in [1.165, 1.54) is 5.56 Å². The number of hydrogen-bond donors (Lipinski definition) is 1. The first-order valence-corrected chi connectivity index (χ1v) is 7.43. The molecule has 0 spiro atoms. The van der Waals surface area contributed by atoms with E-state index in [1.54, 1.807) is 6.26 Å². The van der Waals surface area contributed by atoms with E-state index in [1.807, 2.05) is 29.1 Å². The molecule has 1 aromatic carbocycles. The van der Waals surface area contributed by atoms with Gasteiger partial charge in [0.05, 0.1) is 24.5 Å². The van der Waals surface area contributed by atoms with Gasteiger partial charge in [-0.25, -0.2) is 0 Å². The van der Waals surface area contributed by atoms with Gasteiger partial charge in [-0.1, -0.05) is 11.6 Å². The maximum Gasteiger partial charge on any atom is 0.221 e. The monoisotopic (exact) mass is 297 g/mol. The summed E-state index contributed by atoms with van der Waals surface area (Å²) in [6, 6.07) is 9.96. The Labute approximate surface area is 128 Å². The van der Waals surface area contributed by atoms with Crippen molar-refractivity contribution in [3.8, 4) is 0 Å². The summed E-state index contributed by atoms with van der Waals surface area (Å²) in [5.74, 6) is 0.913. The van der Waals surface area contributed by atoms with Crippen molar-refractivity contribution < 1.29 is 9.21 Å². The molecule has 0 bridgehead atoms. The standard InChI is InChI=1S/C17H19N3O2/c1-13-4-5-16-14(11-13)12-19-20(16)9-7-17(21)18-8-6-15-3-2-10-22-15/h2-5,10-12H,6-9H2,1H3,(H,18,21). The van der Waals surface area contributed by atoms with Crippen molar-refractivity contribution >= 4 is 16.8 Å². The first-order chi connectivity index (χ1) is 10.7. The van der Waals surface area contributed by atoms with E-state index in [2.05, 4.69) is 29.5 Å². The highest BCUT2D eigenvalue weighted by molar-refractivity contribution is 5.80. The molecular formula is C17H19N3O2. The first kappa shape index (κ1) is 14.4. The number of rotatable bonds is 6. The van der Waals surface area contributed by atoms with Crippen molar-refractivity contribution in [2.24, 2.45) is 0 Å². The van der Waals surface area contributed by atoms with Crippen molar-refractivity contribution in [1.82, 2.24) is 15.1 Å². The molecule has 5 nitrogen and oxygen atoms in total. The van der Waals surface area contributed by atoms with Gasteiger partial charge < -0.3 is 9.73 Å². The topological polar surface area (TPSA) is 60.1 Å². The minimum Gasteiger partial charge on any atom is -0.469 e. The molecule has 0 unspecified atom stereocenters. The molecule has 3 rings (SSSR count). The second kappa shape index (κ2) is 6.47. The van der Waals surface area contributed by atoms with Gasteiger partial charge >= 0.3 is 0 Å². The predicted octanol–water partition coefficient (Wildman–Crippen LogP) is 2.69. The van der Waals surface area contributed by atoms with Crippen molar-refractivity contribution in [2.75, 3.05) is 6.54 Å². The summed E-state index contributed by atoms with van der Waals surface area (Å²) in [4.78, 5) is 11.9. The largest absolute Gasteiger partial charge is 0.469 e. The molecule has 1 amide bonds. The van der Waals surface area contributed by atoms with Gasteiger partial charge in [-0.15, -0.1) is 0 Å². The van der Waals surface area contributed by atoms with Crippen molar-refractivity contribution in [1.29, 1.82) is 0 Å². The SMILES string of the molecule is Cc1ccc2c(cnn2CCC(=O)NCCc2ccco2)c1. The van der Waals surface area contributed by atoms with E-state index in [0.717, 1.165) is 16.7 Å². The number of aromatic nitrogens is 2. The highest BCUT2D eigenvalue weighted by Crippen LogP contribution is 2.15. The summed E-state index contributed by atoms with van der Waals surface area (Å²) in [6.07, 6.45) is 4.62. The molecule has 0 aliphatic heterocycles. The molecule has 0 aliphatic rings. The number of hydrogen-bond acceptors (Lipinski definition) is 3. The fourth-order valence-corrected chi connectivity index (χ4v) is 2.46. The summed E-state index contributed by atoms with van der Waals surface area (Å²) >= 11 is 0. The molecule has 0 atom stereocenters. The van der Waals surface area contributed by atoms with E-state index in [4.69, 9.17) is 4.42 Å². The summed E-state index contributed by atoms with van der Waals surface area (Å²) in [6.45, 7) is 3.23. The number of nitrogens with zero attached hydrogens (tertiary/aromatic N) is 2. The van der Waals surface area contributed by atoms with E-state index in [0.29, 0.717) is 25.9 Å². The van der Waals surface area contributed by atoms with Crippen LogP contribution in [0.3, 0.4) is 0 Å². The number of furan rings is 1. The Bertz CT molecular complexity index is 759. The minimum atomic E-state index is 0.0299. The number of fused-ring (bicyclic) bond motifs is 1. The van der Waals surface area contributed by atoms with Gasteiger partial charge in [-0.2, -0.15) is 5.10 Å². The van der Waals surface area contributed by atoms with Crippen molar-refractivity contribution in [3.63, 3.8) is 0 Å². The number of nitrogens with one attached hydrogen (secondary N) is 1. The average molecular weight is 297 g/mol. The molecule has 2 heterocycles. The van der Waals surface area contributed by atoms with Crippen LogP contribution < -0.4 is 5.32 Å². The smallest absolute Gasteiger partial charge is 0.221 e. The minimum absolute atomic E-state index is 0.0299. The zero-order valence-electron chi connectivity index (χ0n) is 12.6. The van der Waals surface area contributed by atoms with E-state index >= 15 is 0 Å². The molecule has 5 heteroatoms. The molecule has 0 aliphatic carbocycles. The molecule has 0 fully saturated rings. The third-order valence-corrected chi connectivity index (χ3v) is 3.62. The normalized spacial score (nSPS) is 11.0. The van der Waals surface area contributed by atoms with Crippen LogP contribution in [-0.4, -0.2) is 22.2 Å². The zero-order valence-corrected chi connectivity index (χ0v) is 12.6. The number of aryl methyl sites for hydroxylation is 2. The Hall–Kier alpha value is -2.56. The lowest BCUT2D eigenvalue weighted by atomic mass is 10.2. The number of benzene rings is 1. The zero-order chi connectivity index (χ0) is 15.4. The quantitative estimate of drug-likeness (QED) is 0.761. The Morgan fingerprint density at radius 1 is 1.36 bits per heavy atom. The van der Waals surface area contributed by atoms with Crippen LogP contribution in [0.1, 0.15) is 17.7 Å². The Morgan fingerprint density at radius 3 is 3.09 bits per heavy atom. The molecule has 0 saturated carbocycles. The average Bonchev–Trinajstić information content (AvgIpc) is 3.14. The molecule has 0 radical (unpaired) electrons. The van der Waals surface area contributed by atoms with Gasteiger partial charge in [0.25, 0.3) is 0 Å². The molecule has 114 valence electrons. The summed E-state index contributed by atoms with van der Waals surface area (Å²) < 4.78 is 7.10. The fourth-order valence-electron chi connectivity index (χ4n) is 2.46. The highest BCUT2D eigenvalue weighted by atomic mass is 16.3. The summed E-state index contributed by atoms with van der Waals surface area (Å²) in [7, 11) is 0. The molecule has 0 saturated heterocycles. The van der Waals surface area contributed by atoms with Gasteiger partial charge in [0, 0.05) is 24.8 Å². The van der Waals surface area contributed by atoms with Gasteiger partial charge in [-0.05, 0) is 31.2 Å². The maximum absolute atomic E-state index is 11.9. The Balaban J connectivity index is 1.49. The van der Waals surface area contributed by atoms with Crippen LogP contribution in [0.15, 0.2) is 47.2 Å². The number of carbonyl (C=O) groups excluding carboxylic acids is 1. The van der Waals surface area contributed by atoms with Gasteiger partial charge in [-0.3, -0.25) is 9.48 Å². The van der Waals surface area contributed by atoms with Crippen LogP contribution in [-0.2, 0) is 17.8 Å². The van der Waals surface area contributed by atoms with Gasteiger partial charge in [0.2, 0.25) is 5.91 Å².